The highest BCUT2D eigenvalue weighted by Gasteiger charge is 2.37. The predicted octanol–water partition coefficient (Wildman–Crippen LogP) is 4.04. The van der Waals surface area contributed by atoms with Gasteiger partial charge in [-0.1, -0.05) is 49.0 Å². The third-order valence-corrected chi connectivity index (χ3v) is 4.93. The van der Waals surface area contributed by atoms with Gasteiger partial charge in [-0.3, -0.25) is 0 Å². The molecule has 0 aromatic heterocycles. The van der Waals surface area contributed by atoms with E-state index >= 15 is 0 Å². The molecule has 0 bridgehead atoms. The average molecular weight is 232 g/mol. The summed E-state index contributed by atoms with van der Waals surface area (Å²) in [5.74, 6) is 0. The number of halogens is 3. The SMILES string of the molecule is C[Si](C)(Cc1ccccc1)CC(F)(F)F. The van der Waals surface area contributed by atoms with E-state index in [-0.39, 0.29) is 0 Å². The Morgan fingerprint density at radius 3 is 2.07 bits per heavy atom. The fourth-order valence-electron chi connectivity index (χ4n) is 1.75. The Hall–Kier alpha value is -0.773. The zero-order chi connectivity index (χ0) is 11.5. The molecule has 0 spiro atoms. The average Bonchev–Trinajstić information content (AvgIpc) is 1.99. The second kappa shape index (κ2) is 4.39. The normalized spacial score (nSPS) is 12.9. The molecule has 0 aliphatic rings. The maximum Gasteiger partial charge on any atom is 0.386 e. The summed E-state index contributed by atoms with van der Waals surface area (Å²) in [6.07, 6.45) is -4.02. The molecule has 1 rings (SSSR count). The molecule has 0 nitrogen and oxygen atoms in total. The third-order valence-electron chi connectivity index (χ3n) is 2.20. The van der Waals surface area contributed by atoms with E-state index in [0.717, 1.165) is 5.56 Å². The lowest BCUT2D eigenvalue weighted by Crippen LogP contribution is -2.35. The van der Waals surface area contributed by atoms with E-state index in [9.17, 15) is 13.2 Å². The van der Waals surface area contributed by atoms with E-state index in [2.05, 4.69) is 0 Å². The van der Waals surface area contributed by atoms with Gasteiger partial charge in [0.15, 0.2) is 0 Å². The monoisotopic (exact) mass is 232 g/mol. The highest BCUT2D eigenvalue weighted by Crippen LogP contribution is 2.29. The predicted molar refractivity (Wildman–Crippen MR) is 58.5 cm³/mol. The first-order chi connectivity index (χ1) is 6.79. The molecule has 0 fully saturated rings. The smallest absolute Gasteiger partial charge is 0.172 e. The minimum Gasteiger partial charge on any atom is -0.172 e. The van der Waals surface area contributed by atoms with Crippen LogP contribution < -0.4 is 0 Å². The van der Waals surface area contributed by atoms with Crippen molar-refractivity contribution in [3.63, 3.8) is 0 Å². The van der Waals surface area contributed by atoms with Crippen LogP contribution in [0.4, 0.5) is 13.2 Å². The standard InChI is InChI=1S/C11H15F3Si/c1-15(2,9-11(12,13)14)8-10-6-4-3-5-7-10/h3-7H,8-9H2,1-2H3. The number of hydrogen-bond acceptors (Lipinski definition) is 0. The van der Waals surface area contributed by atoms with Crippen LogP contribution in [0, 0.1) is 0 Å². The summed E-state index contributed by atoms with van der Waals surface area (Å²) in [7, 11) is -2.20. The molecule has 0 heterocycles. The summed E-state index contributed by atoms with van der Waals surface area (Å²) in [6, 6.07) is 9.39. The molecule has 84 valence electrons. The number of alkyl halides is 3. The van der Waals surface area contributed by atoms with Crippen LogP contribution in [-0.2, 0) is 6.04 Å². The number of benzene rings is 1. The van der Waals surface area contributed by atoms with Crippen molar-refractivity contribution < 1.29 is 13.2 Å². The van der Waals surface area contributed by atoms with E-state index in [1.807, 2.05) is 30.3 Å². The minimum atomic E-state index is -4.02. The first-order valence-corrected chi connectivity index (χ1v) is 8.31. The second-order valence-electron chi connectivity index (χ2n) is 4.62. The molecule has 0 amide bonds. The summed E-state index contributed by atoms with van der Waals surface area (Å²) in [5.41, 5.74) is 1.01. The van der Waals surface area contributed by atoms with Gasteiger partial charge in [-0.25, -0.2) is 0 Å². The fraction of sp³-hybridized carbons (Fsp3) is 0.455. The quantitative estimate of drug-likeness (QED) is 0.690. The van der Waals surface area contributed by atoms with Gasteiger partial charge in [-0.05, 0) is 6.04 Å². The summed E-state index contributed by atoms with van der Waals surface area (Å²) < 4.78 is 36.9. The molecule has 0 saturated heterocycles. The third kappa shape index (κ3) is 5.02. The summed E-state index contributed by atoms with van der Waals surface area (Å²) in [5, 5.41) is 0. The molecule has 0 radical (unpaired) electrons. The number of hydrogen-bond donors (Lipinski definition) is 0. The zero-order valence-electron chi connectivity index (χ0n) is 8.93. The molecule has 1 aromatic carbocycles. The topological polar surface area (TPSA) is 0 Å². The Balaban J connectivity index is 2.65. The van der Waals surface area contributed by atoms with Crippen LogP contribution in [0.5, 0.6) is 0 Å². The van der Waals surface area contributed by atoms with E-state index < -0.39 is 20.3 Å². The Morgan fingerprint density at radius 1 is 1.07 bits per heavy atom. The molecule has 0 aliphatic carbocycles. The Kier molecular flexibility index (Phi) is 3.60. The highest BCUT2D eigenvalue weighted by atomic mass is 28.3. The molecule has 0 N–H and O–H groups in total. The van der Waals surface area contributed by atoms with Crippen LogP contribution in [0.1, 0.15) is 5.56 Å². The van der Waals surface area contributed by atoms with Crippen LogP contribution in [0.3, 0.4) is 0 Å². The van der Waals surface area contributed by atoms with Crippen LogP contribution in [0.15, 0.2) is 30.3 Å². The lowest BCUT2D eigenvalue weighted by atomic mass is 10.2. The number of rotatable bonds is 3. The molecule has 0 unspecified atom stereocenters. The van der Waals surface area contributed by atoms with Crippen molar-refractivity contribution in [1.29, 1.82) is 0 Å². The molecule has 0 saturated carbocycles. The molecule has 15 heavy (non-hydrogen) atoms. The molecule has 1 aromatic rings. The van der Waals surface area contributed by atoms with E-state index in [1.165, 1.54) is 0 Å². The maximum absolute atomic E-state index is 12.3. The second-order valence-corrected chi connectivity index (χ2v) is 9.65. The van der Waals surface area contributed by atoms with Crippen molar-refractivity contribution >= 4 is 8.07 Å². The Morgan fingerprint density at radius 2 is 1.60 bits per heavy atom. The van der Waals surface area contributed by atoms with Crippen molar-refractivity contribution in [1.82, 2.24) is 0 Å². The fourth-order valence-corrected chi connectivity index (χ4v) is 4.30. The molecule has 4 heteroatoms. The van der Waals surface area contributed by atoms with Gasteiger partial charge in [0, 0.05) is 6.04 Å². The summed E-state index contributed by atoms with van der Waals surface area (Å²) in [4.78, 5) is 0. The van der Waals surface area contributed by atoms with Gasteiger partial charge in [0.1, 0.15) is 0 Å². The summed E-state index contributed by atoms with van der Waals surface area (Å²) in [6.45, 7) is 3.57. The van der Waals surface area contributed by atoms with Crippen molar-refractivity contribution in [3.8, 4) is 0 Å². The lowest BCUT2D eigenvalue weighted by Gasteiger charge is -2.23. The highest BCUT2D eigenvalue weighted by molar-refractivity contribution is 6.77. The van der Waals surface area contributed by atoms with Gasteiger partial charge < -0.3 is 0 Å². The van der Waals surface area contributed by atoms with Crippen molar-refractivity contribution in [2.45, 2.75) is 31.4 Å². The van der Waals surface area contributed by atoms with Gasteiger partial charge in [-0.15, -0.1) is 0 Å². The van der Waals surface area contributed by atoms with Gasteiger partial charge in [0.2, 0.25) is 0 Å². The van der Waals surface area contributed by atoms with Gasteiger partial charge in [0.05, 0.1) is 8.07 Å². The van der Waals surface area contributed by atoms with E-state index in [0.29, 0.717) is 6.04 Å². The first-order valence-electron chi connectivity index (χ1n) is 4.89. The van der Waals surface area contributed by atoms with Crippen LogP contribution in [0.25, 0.3) is 0 Å². The zero-order valence-corrected chi connectivity index (χ0v) is 9.93. The van der Waals surface area contributed by atoms with E-state index in [1.54, 1.807) is 13.1 Å². The molecular weight excluding hydrogens is 217 g/mol. The maximum atomic E-state index is 12.3. The lowest BCUT2D eigenvalue weighted by molar-refractivity contribution is -0.111. The van der Waals surface area contributed by atoms with Crippen molar-refractivity contribution in [2.75, 3.05) is 0 Å². The van der Waals surface area contributed by atoms with Crippen LogP contribution >= 0.6 is 0 Å². The van der Waals surface area contributed by atoms with Crippen LogP contribution in [0.2, 0.25) is 19.1 Å². The van der Waals surface area contributed by atoms with Gasteiger partial charge >= 0.3 is 6.18 Å². The van der Waals surface area contributed by atoms with Gasteiger partial charge in [0.25, 0.3) is 0 Å². The van der Waals surface area contributed by atoms with Gasteiger partial charge in [-0.2, -0.15) is 13.2 Å². The molecule has 0 atom stereocenters. The Labute approximate surface area is 89.1 Å². The van der Waals surface area contributed by atoms with Crippen molar-refractivity contribution in [2.24, 2.45) is 0 Å². The minimum absolute atomic E-state index is 0.591. The van der Waals surface area contributed by atoms with Crippen LogP contribution in [-0.4, -0.2) is 14.3 Å². The van der Waals surface area contributed by atoms with Crippen molar-refractivity contribution in [3.05, 3.63) is 35.9 Å². The molecular formula is C11H15F3Si. The largest absolute Gasteiger partial charge is 0.386 e. The summed E-state index contributed by atoms with van der Waals surface area (Å²) >= 11 is 0. The first kappa shape index (κ1) is 12.3. The van der Waals surface area contributed by atoms with E-state index in [4.69, 9.17) is 0 Å². The Bertz CT molecular complexity index is 303. The molecule has 0 aliphatic heterocycles.